The quantitative estimate of drug-likeness (QED) is 0.607. The number of hydrogen-bond donors (Lipinski definition) is 2. The van der Waals surface area contributed by atoms with Crippen LogP contribution < -0.4 is 10.6 Å². The van der Waals surface area contributed by atoms with Crippen LogP contribution >= 0.6 is 11.6 Å². The highest BCUT2D eigenvalue weighted by molar-refractivity contribution is 6.33. The molecule has 156 valence electrons. The maximum absolute atomic E-state index is 13.2. The van der Waals surface area contributed by atoms with Crippen LogP contribution in [0, 0.1) is 0 Å². The summed E-state index contributed by atoms with van der Waals surface area (Å²) in [5.41, 5.74) is 2.29. The van der Waals surface area contributed by atoms with Crippen LogP contribution in [0.15, 0.2) is 54.7 Å². The molecule has 0 saturated carbocycles. The minimum absolute atomic E-state index is 0.189. The molecule has 0 bridgehead atoms. The molecule has 0 radical (unpaired) electrons. The van der Waals surface area contributed by atoms with Crippen molar-refractivity contribution in [1.82, 2.24) is 15.1 Å². The van der Waals surface area contributed by atoms with Gasteiger partial charge in [-0.3, -0.25) is 14.3 Å². The van der Waals surface area contributed by atoms with Crippen LogP contribution in [0.4, 0.5) is 5.69 Å². The summed E-state index contributed by atoms with van der Waals surface area (Å²) in [6.07, 6.45) is 1.72. The van der Waals surface area contributed by atoms with Gasteiger partial charge in [-0.2, -0.15) is 5.10 Å². The Morgan fingerprint density at radius 2 is 1.80 bits per heavy atom. The average Bonchev–Trinajstić information content (AvgIpc) is 3.14. The molecule has 3 rings (SSSR count). The molecule has 1 heterocycles. The Labute approximate surface area is 181 Å². The molecule has 2 N–H and O–H groups in total. The summed E-state index contributed by atoms with van der Waals surface area (Å²) in [6, 6.07) is 14.1. The first-order valence-electron chi connectivity index (χ1n) is 9.75. The third-order valence-electron chi connectivity index (χ3n) is 4.50. The lowest BCUT2D eigenvalue weighted by atomic mass is 10.1. The van der Waals surface area contributed by atoms with Gasteiger partial charge < -0.3 is 10.6 Å². The first-order chi connectivity index (χ1) is 14.2. The molecule has 0 atom stereocenters. The second-order valence-corrected chi connectivity index (χ2v) is 8.29. The number of amides is 2. The van der Waals surface area contributed by atoms with Crippen molar-refractivity contribution in [3.05, 3.63) is 70.9 Å². The third kappa shape index (κ3) is 4.71. The highest BCUT2D eigenvalue weighted by Gasteiger charge is 2.24. The van der Waals surface area contributed by atoms with Crippen molar-refractivity contribution in [2.24, 2.45) is 0 Å². The number of benzene rings is 2. The van der Waals surface area contributed by atoms with Gasteiger partial charge in [0.2, 0.25) is 0 Å². The Morgan fingerprint density at radius 3 is 2.47 bits per heavy atom. The first kappa shape index (κ1) is 21.6. The summed E-state index contributed by atoms with van der Waals surface area (Å²) < 4.78 is 1.76. The molecule has 0 spiro atoms. The van der Waals surface area contributed by atoms with Crippen LogP contribution in [-0.2, 0) is 5.54 Å². The first-order valence-corrected chi connectivity index (χ1v) is 10.1. The van der Waals surface area contributed by atoms with Gasteiger partial charge >= 0.3 is 0 Å². The SMILES string of the molecule is CCNC(=O)c1cccc(NC(=O)c2cn(C(C)(C)C)nc2-c2ccccc2Cl)c1. The molecule has 0 aliphatic rings. The van der Waals surface area contributed by atoms with E-state index in [1.807, 2.05) is 45.9 Å². The van der Waals surface area contributed by atoms with E-state index >= 15 is 0 Å². The minimum atomic E-state index is -0.325. The maximum atomic E-state index is 13.2. The van der Waals surface area contributed by atoms with Crippen molar-refractivity contribution in [2.45, 2.75) is 33.2 Å². The van der Waals surface area contributed by atoms with E-state index in [0.717, 1.165) is 0 Å². The molecule has 30 heavy (non-hydrogen) atoms. The Morgan fingerprint density at radius 1 is 1.07 bits per heavy atom. The van der Waals surface area contributed by atoms with Crippen LogP contribution in [0.3, 0.4) is 0 Å². The summed E-state index contributed by atoms with van der Waals surface area (Å²) in [6.45, 7) is 8.41. The molecular weight excluding hydrogens is 400 g/mol. The number of aromatic nitrogens is 2. The van der Waals surface area contributed by atoms with Gasteiger partial charge in [0.25, 0.3) is 11.8 Å². The van der Waals surface area contributed by atoms with Gasteiger partial charge in [-0.1, -0.05) is 35.9 Å². The van der Waals surface area contributed by atoms with E-state index < -0.39 is 0 Å². The number of hydrogen-bond acceptors (Lipinski definition) is 3. The van der Waals surface area contributed by atoms with Gasteiger partial charge in [-0.05, 0) is 52.0 Å². The molecule has 0 aliphatic carbocycles. The second-order valence-electron chi connectivity index (χ2n) is 7.88. The highest BCUT2D eigenvalue weighted by atomic mass is 35.5. The number of halogens is 1. The second kappa shape index (κ2) is 8.71. The topological polar surface area (TPSA) is 76.0 Å². The van der Waals surface area contributed by atoms with E-state index in [9.17, 15) is 9.59 Å². The molecule has 6 nitrogen and oxygen atoms in total. The molecule has 3 aromatic rings. The third-order valence-corrected chi connectivity index (χ3v) is 4.82. The lowest BCUT2D eigenvalue weighted by molar-refractivity contribution is 0.0954. The lowest BCUT2D eigenvalue weighted by Crippen LogP contribution is -2.23. The van der Waals surface area contributed by atoms with Crippen molar-refractivity contribution < 1.29 is 9.59 Å². The van der Waals surface area contributed by atoms with Crippen molar-refractivity contribution >= 4 is 29.1 Å². The molecule has 0 saturated heterocycles. The summed E-state index contributed by atoms with van der Waals surface area (Å²) in [5, 5.41) is 10.8. The number of nitrogens with one attached hydrogen (secondary N) is 2. The molecule has 2 amide bonds. The van der Waals surface area contributed by atoms with Crippen LogP contribution in [0.2, 0.25) is 5.02 Å². The van der Waals surface area contributed by atoms with E-state index in [2.05, 4.69) is 15.7 Å². The van der Waals surface area contributed by atoms with E-state index in [1.165, 1.54) is 0 Å². The molecule has 2 aromatic carbocycles. The zero-order valence-electron chi connectivity index (χ0n) is 17.5. The lowest BCUT2D eigenvalue weighted by Gasteiger charge is -2.18. The van der Waals surface area contributed by atoms with Gasteiger partial charge in [-0.15, -0.1) is 0 Å². The predicted octanol–water partition coefficient (Wildman–Crippen LogP) is 4.96. The van der Waals surface area contributed by atoms with Crippen LogP contribution in [-0.4, -0.2) is 28.1 Å². The largest absolute Gasteiger partial charge is 0.352 e. The number of rotatable bonds is 5. The predicted molar refractivity (Wildman–Crippen MR) is 120 cm³/mol. The summed E-state index contributed by atoms with van der Waals surface area (Å²) in [4.78, 5) is 25.2. The van der Waals surface area contributed by atoms with Gasteiger partial charge in [-0.25, -0.2) is 0 Å². The van der Waals surface area contributed by atoms with Crippen LogP contribution in [0.25, 0.3) is 11.3 Å². The van der Waals surface area contributed by atoms with E-state index in [4.69, 9.17) is 11.6 Å². The van der Waals surface area contributed by atoms with Crippen molar-refractivity contribution in [2.75, 3.05) is 11.9 Å². The number of nitrogens with zero attached hydrogens (tertiary/aromatic N) is 2. The fraction of sp³-hybridized carbons (Fsp3) is 0.261. The molecule has 1 aromatic heterocycles. The summed E-state index contributed by atoms with van der Waals surface area (Å²) in [5.74, 6) is -0.514. The molecule has 0 unspecified atom stereocenters. The molecule has 0 aliphatic heterocycles. The van der Waals surface area contributed by atoms with Gasteiger partial charge in [0.05, 0.1) is 16.1 Å². The Balaban J connectivity index is 1.98. The van der Waals surface area contributed by atoms with Gasteiger partial charge in [0.15, 0.2) is 0 Å². The number of carbonyl (C=O) groups is 2. The van der Waals surface area contributed by atoms with Crippen LogP contribution in [0.1, 0.15) is 48.4 Å². The standard InChI is InChI=1S/C23H25ClN4O2/c1-5-25-21(29)15-9-8-10-16(13-15)26-22(30)18-14-28(23(2,3)4)27-20(18)17-11-6-7-12-19(17)24/h6-14H,5H2,1-4H3,(H,25,29)(H,26,30). The zero-order chi connectivity index (χ0) is 21.9. The van der Waals surface area contributed by atoms with Gasteiger partial charge in [0, 0.05) is 29.6 Å². The highest BCUT2D eigenvalue weighted by Crippen LogP contribution is 2.31. The van der Waals surface area contributed by atoms with Crippen molar-refractivity contribution in [3.63, 3.8) is 0 Å². The normalized spacial score (nSPS) is 11.2. The fourth-order valence-electron chi connectivity index (χ4n) is 2.94. The van der Waals surface area contributed by atoms with Crippen molar-refractivity contribution in [1.29, 1.82) is 0 Å². The zero-order valence-corrected chi connectivity index (χ0v) is 18.2. The molecular formula is C23H25ClN4O2. The van der Waals surface area contributed by atoms with Crippen LogP contribution in [0.5, 0.6) is 0 Å². The van der Waals surface area contributed by atoms with E-state index in [0.29, 0.717) is 39.6 Å². The van der Waals surface area contributed by atoms with E-state index in [-0.39, 0.29) is 17.4 Å². The monoisotopic (exact) mass is 424 g/mol. The van der Waals surface area contributed by atoms with E-state index in [1.54, 1.807) is 41.2 Å². The molecule has 0 fully saturated rings. The van der Waals surface area contributed by atoms with Gasteiger partial charge in [0.1, 0.15) is 5.69 Å². The number of carbonyl (C=O) groups excluding carboxylic acids is 2. The average molecular weight is 425 g/mol. The Bertz CT molecular complexity index is 1080. The number of anilines is 1. The maximum Gasteiger partial charge on any atom is 0.259 e. The summed E-state index contributed by atoms with van der Waals surface area (Å²) in [7, 11) is 0. The summed E-state index contributed by atoms with van der Waals surface area (Å²) >= 11 is 6.38. The Kier molecular flexibility index (Phi) is 6.27. The smallest absolute Gasteiger partial charge is 0.259 e. The minimum Gasteiger partial charge on any atom is -0.352 e. The van der Waals surface area contributed by atoms with Crippen molar-refractivity contribution in [3.8, 4) is 11.3 Å². The fourth-order valence-corrected chi connectivity index (χ4v) is 3.16. The molecule has 7 heteroatoms. The Hall–Kier alpha value is -3.12.